The number of rotatable bonds is 4. The van der Waals surface area contributed by atoms with Crippen LogP contribution in [0, 0.1) is 0 Å². The molecule has 0 N–H and O–H groups in total. The lowest BCUT2D eigenvalue weighted by molar-refractivity contribution is 0.0172. The highest BCUT2D eigenvalue weighted by Gasteiger charge is 2.30. The Kier molecular flexibility index (Phi) is 6.24. The standard InChI is InChI=1S/C22H31N3O5/c1-22(2,3)30-21(27)24(4)15-7-9-16(10-8-15)25-13-14-11-17(20(26)29-6)19(28-5)12-18(14)23-25/h11-13,15-16H,7-10H2,1-6H3. The number of ether oxygens (including phenoxy) is 3. The van der Waals surface area contributed by atoms with Crippen LogP contribution in [-0.4, -0.2) is 59.7 Å². The second-order valence-electron chi connectivity index (χ2n) is 8.77. The van der Waals surface area contributed by atoms with Gasteiger partial charge in [0.15, 0.2) is 0 Å². The molecule has 0 unspecified atom stereocenters. The number of carbonyl (C=O) groups is 2. The molecule has 0 bridgehead atoms. The summed E-state index contributed by atoms with van der Waals surface area (Å²) in [6, 6.07) is 3.92. The normalized spacial score (nSPS) is 19.4. The summed E-state index contributed by atoms with van der Waals surface area (Å²) in [6.07, 6.45) is 5.27. The van der Waals surface area contributed by atoms with Crippen LogP contribution in [0.4, 0.5) is 4.79 Å². The highest BCUT2D eigenvalue weighted by Crippen LogP contribution is 2.33. The zero-order valence-electron chi connectivity index (χ0n) is 18.6. The van der Waals surface area contributed by atoms with Crippen molar-refractivity contribution in [3.05, 3.63) is 23.9 Å². The van der Waals surface area contributed by atoms with Crippen molar-refractivity contribution in [2.45, 2.75) is 64.1 Å². The van der Waals surface area contributed by atoms with Crippen LogP contribution in [0.15, 0.2) is 18.3 Å². The van der Waals surface area contributed by atoms with Crippen LogP contribution in [-0.2, 0) is 9.47 Å². The molecule has 3 rings (SSSR count). The molecule has 0 saturated heterocycles. The third-order valence-electron chi connectivity index (χ3n) is 5.52. The van der Waals surface area contributed by atoms with Gasteiger partial charge < -0.3 is 19.1 Å². The van der Waals surface area contributed by atoms with Crippen molar-refractivity contribution < 1.29 is 23.8 Å². The van der Waals surface area contributed by atoms with Crippen LogP contribution >= 0.6 is 0 Å². The maximum atomic E-state index is 12.3. The van der Waals surface area contributed by atoms with E-state index in [0.29, 0.717) is 11.3 Å². The molecule has 2 aromatic rings. The SMILES string of the molecule is COC(=O)c1cc2cn(C3CCC(N(C)C(=O)OC(C)(C)C)CC3)nc2cc1OC. The molecule has 1 saturated carbocycles. The third-order valence-corrected chi connectivity index (χ3v) is 5.52. The molecule has 1 heterocycles. The first kappa shape index (κ1) is 21.9. The molecule has 0 atom stereocenters. The Morgan fingerprint density at radius 2 is 1.80 bits per heavy atom. The zero-order chi connectivity index (χ0) is 22.1. The van der Waals surface area contributed by atoms with E-state index in [9.17, 15) is 9.59 Å². The van der Waals surface area contributed by atoms with Gasteiger partial charge in [-0.3, -0.25) is 4.68 Å². The van der Waals surface area contributed by atoms with Crippen LogP contribution < -0.4 is 4.74 Å². The lowest BCUT2D eigenvalue weighted by atomic mass is 9.90. The van der Waals surface area contributed by atoms with E-state index < -0.39 is 11.6 Å². The number of methoxy groups -OCH3 is 2. The molecule has 8 nitrogen and oxygen atoms in total. The second-order valence-corrected chi connectivity index (χ2v) is 8.77. The van der Waals surface area contributed by atoms with E-state index in [1.54, 1.807) is 17.0 Å². The van der Waals surface area contributed by atoms with Gasteiger partial charge in [-0.1, -0.05) is 0 Å². The molecule has 1 aliphatic rings. The van der Waals surface area contributed by atoms with Crippen molar-refractivity contribution in [3.8, 4) is 5.75 Å². The third kappa shape index (κ3) is 4.68. The minimum Gasteiger partial charge on any atom is -0.496 e. The van der Waals surface area contributed by atoms with Crippen LogP contribution in [0.2, 0.25) is 0 Å². The Morgan fingerprint density at radius 3 is 2.37 bits per heavy atom. The van der Waals surface area contributed by atoms with E-state index in [1.807, 2.05) is 38.7 Å². The molecule has 30 heavy (non-hydrogen) atoms. The summed E-state index contributed by atoms with van der Waals surface area (Å²) in [5.74, 6) is 0.00878. The number of hydrogen-bond donors (Lipinski definition) is 0. The first-order valence-electron chi connectivity index (χ1n) is 10.2. The summed E-state index contributed by atoms with van der Waals surface area (Å²) >= 11 is 0. The Balaban J connectivity index is 1.71. The van der Waals surface area contributed by atoms with Crippen molar-refractivity contribution in [1.29, 1.82) is 0 Å². The average molecular weight is 418 g/mol. The minimum atomic E-state index is -0.498. The number of carbonyl (C=O) groups excluding carboxylic acids is 2. The fourth-order valence-electron chi connectivity index (χ4n) is 3.89. The summed E-state index contributed by atoms with van der Waals surface area (Å²) in [7, 11) is 4.68. The van der Waals surface area contributed by atoms with E-state index >= 15 is 0 Å². The number of benzene rings is 1. The van der Waals surface area contributed by atoms with Crippen molar-refractivity contribution in [2.75, 3.05) is 21.3 Å². The molecule has 1 aromatic heterocycles. The van der Waals surface area contributed by atoms with Crippen LogP contribution in [0.5, 0.6) is 5.75 Å². The van der Waals surface area contributed by atoms with Gasteiger partial charge in [-0.2, -0.15) is 5.10 Å². The zero-order valence-corrected chi connectivity index (χ0v) is 18.6. The van der Waals surface area contributed by atoms with E-state index in [-0.39, 0.29) is 18.2 Å². The molecule has 1 amide bonds. The van der Waals surface area contributed by atoms with Gasteiger partial charge in [-0.25, -0.2) is 9.59 Å². The second kappa shape index (κ2) is 8.53. The van der Waals surface area contributed by atoms with Crippen molar-refractivity contribution in [1.82, 2.24) is 14.7 Å². The van der Waals surface area contributed by atoms with Gasteiger partial charge in [0.05, 0.1) is 25.8 Å². The molecular formula is C22H31N3O5. The van der Waals surface area contributed by atoms with E-state index in [0.717, 1.165) is 36.6 Å². The average Bonchev–Trinajstić information content (AvgIpc) is 3.13. The highest BCUT2D eigenvalue weighted by molar-refractivity contribution is 5.97. The first-order chi connectivity index (χ1) is 14.1. The molecule has 1 aliphatic carbocycles. The van der Waals surface area contributed by atoms with Gasteiger partial charge in [-0.15, -0.1) is 0 Å². The number of amides is 1. The highest BCUT2D eigenvalue weighted by atomic mass is 16.6. The summed E-state index contributed by atoms with van der Waals surface area (Å²) in [5.41, 5.74) is 0.657. The maximum Gasteiger partial charge on any atom is 0.410 e. The Labute approximate surface area is 177 Å². The number of esters is 1. The molecule has 164 valence electrons. The molecule has 1 fully saturated rings. The van der Waals surface area contributed by atoms with E-state index in [2.05, 4.69) is 0 Å². The quantitative estimate of drug-likeness (QED) is 0.694. The molecule has 1 aromatic carbocycles. The van der Waals surface area contributed by atoms with Gasteiger partial charge >= 0.3 is 12.1 Å². The van der Waals surface area contributed by atoms with Crippen molar-refractivity contribution in [2.24, 2.45) is 0 Å². The van der Waals surface area contributed by atoms with E-state index in [4.69, 9.17) is 19.3 Å². The predicted octanol–water partition coefficient (Wildman–Crippen LogP) is 4.18. The topological polar surface area (TPSA) is 82.9 Å². The summed E-state index contributed by atoms with van der Waals surface area (Å²) in [4.78, 5) is 26.1. The lowest BCUT2D eigenvalue weighted by Gasteiger charge is -2.35. The minimum absolute atomic E-state index is 0.159. The summed E-state index contributed by atoms with van der Waals surface area (Å²) < 4.78 is 17.6. The van der Waals surface area contributed by atoms with Crippen LogP contribution in [0.3, 0.4) is 0 Å². The van der Waals surface area contributed by atoms with Gasteiger partial charge in [0.1, 0.15) is 16.9 Å². The molecule has 8 heteroatoms. The predicted molar refractivity (Wildman–Crippen MR) is 113 cm³/mol. The van der Waals surface area contributed by atoms with Crippen LogP contribution in [0.25, 0.3) is 10.9 Å². The van der Waals surface area contributed by atoms with Gasteiger partial charge in [0.2, 0.25) is 0 Å². The van der Waals surface area contributed by atoms with Gasteiger partial charge in [0.25, 0.3) is 0 Å². The molecular weight excluding hydrogens is 386 g/mol. The Hall–Kier alpha value is -2.77. The summed E-state index contributed by atoms with van der Waals surface area (Å²) in [5, 5.41) is 5.57. The fourth-order valence-corrected chi connectivity index (χ4v) is 3.89. The van der Waals surface area contributed by atoms with Gasteiger partial charge in [0, 0.05) is 30.7 Å². The number of hydrogen-bond acceptors (Lipinski definition) is 6. The number of fused-ring (bicyclic) bond motifs is 1. The maximum absolute atomic E-state index is 12.3. The fraction of sp³-hybridized carbons (Fsp3) is 0.591. The largest absolute Gasteiger partial charge is 0.496 e. The van der Waals surface area contributed by atoms with Crippen molar-refractivity contribution >= 4 is 23.0 Å². The lowest BCUT2D eigenvalue weighted by Crippen LogP contribution is -2.42. The Morgan fingerprint density at radius 1 is 1.13 bits per heavy atom. The smallest absolute Gasteiger partial charge is 0.410 e. The van der Waals surface area contributed by atoms with Gasteiger partial charge in [-0.05, 0) is 52.5 Å². The number of nitrogens with zero attached hydrogens (tertiary/aromatic N) is 3. The van der Waals surface area contributed by atoms with E-state index in [1.165, 1.54) is 14.2 Å². The van der Waals surface area contributed by atoms with Crippen molar-refractivity contribution in [3.63, 3.8) is 0 Å². The first-order valence-corrected chi connectivity index (χ1v) is 10.2. The summed E-state index contributed by atoms with van der Waals surface area (Å²) in [6.45, 7) is 5.62. The molecule has 0 spiro atoms. The monoisotopic (exact) mass is 417 g/mol. The van der Waals surface area contributed by atoms with Crippen LogP contribution in [0.1, 0.15) is 62.9 Å². The molecule has 0 aliphatic heterocycles. The Bertz CT molecular complexity index is 923. The number of aromatic nitrogens is 2. The molecule has 0 radical (unpaired) electrons.